The molecule has 2 fully saturated rings. The van der Waals surface area contributed by atoms with E-state index in [9.17, 15) is 15.3 Å². The van der Waals surface area contributed by atoms with Gasteiger partial charge in [0, 0.05) is 24.3 Å². The van der Waals surface area contributed by atoms with Crippen molar-refractivity contribution in [2.24, 2.45) is 5.92 Å². The maximum Gasteiger partial charge on any atom is 0.191 e. The van der Waals surface area contributed by atoms with Gasteiger partial charge in [-0.1, -0.05) is 36.0 Å². The molecule has 0 amide bonds. The number of methoxy groups -OCH3 is 1. The number of nitrogens with one attached hydrogen (secondary N) is 1. The zero-order valence-corrected chi connectivity index (χ0v) is 21.6. The topological polar surface area (TPSA) is 138 Å². The van der Waals surface area contributed by atoms with Gasteiger partial charge in [-0.05, 0) is 55.7 Å². The number of fused-ring (bicyclic) bond motifs is 1. The molecule has 6 atom stereocenters. The van der Waals surface area contributed by atoms with Gasteiger partial charge < -0.3 is 25.4 Å². The standard InChI is InChI=1S/C25H34N6O4S/c1-4-9-36-25-27-23(26-17-12-16(17)14-5-6-19(35-3)13(2)10-14)20-24(28-25)31(30-29-20)18-11-15(7-8-32)21(33)22(18)34/h5-6,10,15-18,21-22,32-34H,4,7-9,11-12H2,1-3H3,(H,26,27,28)/t15-,16?,17?,18+,21+,22-/m0/s1. The Labute approximate surface area is 214 Å². The summed E-state index contributed by atoms with van der Waals surface area (Å²) in [7, 11) is 1.68. The summed E-state index contributed by atoms with van der Waals surface area (Å²) >= 11 is 1.57. The highest BCUT2D eigenvalue weighted by molar-refractivity contribution is 7.99. The van der Waals surface area contributed by atoms with Gasteiger partial charge in [-0.3, -0.25) is 0 Å². The third kappa shape index (κ3) is 4.77. The molecule has 5 rings (SSSR count). The van der Waals surface area contributed by atoms with E-state index in [4.69, 9.17) is 14.7 Å². The number of nitrogens with zero attached hydrogens (tertiary/aromatic N) is 5. The average molecular weight is 515 g/mol. The first-order valence-corrected chi connectivity index (χ1v) is 13.6. The lowest BCUT2D eigenvalue weighted by Crippen LogP contribution is -2.30. The van der Waals surface area contributed by atoms with Crippen LogP contribution in [0.1, 0.15) is 55.7 Å². The largest absolute Gasteiger partial charge is 0.496 e. The smallest absolute Gasteiger partial charge is 0.191 e. The van der Waals surface area contributed by atoms with Crippen LogP contribution in [0, 0.1) is 12.8 Å². The fourth-order valence-corrected chi connectivity index (χ4v) is 5.91. The number of benzene rings is 1. The zero-order valence-electron chi connectivity index (χ0n) is 20.8. The van der Waals surface area contributed by atoms with Gasteiger partial charge in [0.15, 0.2) is 22.1 Å². The highest BCUT2D eigenvalue weighted by Crippen LogP contribution is 2.45. The van der Waals surface area contributed by atoms with E-state index in [2.05, 4.69) is 41.6 Å². The third-order valence-electron chi connectivity index (χ3n) is 7.28. The molecule has 2 aliphatic rings. The normalized spacial score (nSPS) is 27.5. The summed E-state index contributed by atoms with van der Waals surface area (Å²) in [4.78, 5) is 9.51. The highest BCUT2D eigenvalue weighted by Gasteiger charge is 2.44. The number of aromatic nitrogens is 5. The van der Waals surface area contributed by atoms with Gasteiger partial charge in [0.25, 0.3) is 0 Å². The summed E-state index contributed by atoms with van der Waals surface area (Å²) in [5.41, 5.74) is 3.48. The molecule has 4 N–H and O–H groups in total. The Balaban J connectivity index is 1.43. The molecule has 0 saturated heterocycles. The van der Waals surface area contributed by atoms with Gasteiger partial charge >= 0.3 is 0 Å². The highest BCUT2D eigenvalue weighted by atomic mass is 32.2. The Bertz CT molecular complexity index is 1220. The Morgan fingerprint density at radius 2 is 2.03 bits per heavy atom. The molecule has 36 heavy (non-hydrogen) atoms. The lowest BCUT2D eigenvalue weighted by Gasteiger charge is -2.17. The van der Waals surface area contributed by atoms with Crippen LogP contribution in [0.15, 0.2) is 23.4 Å². The molecule has 0 aliphatic heterocycles. The van der Waals surface area contributed by atoms with Crippen LogP contribution < -0.4 is 10.1 Å². The van der Waals surface area contributed by atoms with Crippen LogP contribution in [-0.2, 0) is 0 Å². The molecule has 11 heteroatoms. The number of thioether (sulfide) groups is 1. The van der Waals surface area contributed by atoms with Gasteiger partial charge in [-0.15, -0.1) is 5.10 Å². The summed E-state index contributed by atoms with van der Waals surface area (Å²) in [6.07, 6.45) is 0.969. The van der Waals surface area contributed by atoms with E-state index in [1.54, 1.807) is 23.6 Å². The third-order valence-corrected chi connectivity index (χ3v) is 8.34. The van der Waals surface area contributed by atoms with Crippen molar-refractivity contribution in [3.63, 3.8) is 0 Å². The Hall–Kier alpha value is -2.47. The van der Waals surface area contributed by atoms with Gasteiger partial charge in [0.2, 0.25) is 0 Å². The number of anilines is 1. The van der Waals surface area contributed by atoms with E-state index in [0.717, 1.165) is 29.9 Å². The molecular formula is C25H34N6O4S. The summed E-state index contributed by atoms with van der Waals surface area (Å²) in [6, 6.07) is 6.05. The van der Waals surface area contributed by atoms with Crippen molar-refractivity contribution in [1.29, 1.82) is 0 Å². The first-order valence-electron chi connectivity index (χ1n) is 12.6. The van der Waals surface area contributed by atoms with E-state index in [1.165, 1.54) is 5.56 Å². The number of hydrogen-bond donors (Lipinski definition) is 4. The summed E-state index contributed by atoms with van der Waals surface area (Å²) in [6.45, 7) is 4.12. The molecule has 2 aromatic heterocycles. The maximum absolute atomic E-state index is 10.7. The zero-order chi connectivity index (χ0) is 25.4. The first kappa shape index (κ1) is 25.2. The monoisotopic (exact) mass is 514 g/mol. The summed E-state index contributed by atoms with van der Waals surface area (Å²) in [5.74, 6) is 2.57. The Morgan fingerprint density at radius 3 is 2.75 bits per heavy atom. The molecule has 1 aromatic carbocycles. The number of aliphatic hydroxyl groups excluding tert-OH is 3. The van der Waals surface area contributed by atoms with Crippen LogP contribution in [0.4, 0.5) is 5.82 Å². The van der Waals surface area contributed by atoms with Crippen molar-refractivity contribution < 1.29 is 20.1 Å². The van der Waals surface area contributed by atoms with Crippen LogP contribution in [-0.4, -0.2) is 78.0 Å². The van der Waals surface area contributed by atoms with E-state index in [0.29, 0.717) is 40.9 Å². The van der Waals surface area contributed by atoms with Crippen molar-refractivity contribution in [3.05, 3.63) is 29.3 Å². The quantitative estimate of drug-likeness (QED) is 0.236. The summed E-state index contributed by atoms with van der Waals surface area (Å²) < 4.78 is 7.02. The number of ether oxygens (including phenoxy) is 1. The molecular weight excluding hydrogens is 480 g/mol. The van der Waals surface area contributed by atoms with E-state index >= 15 is 0 Å². The predicted octanol–water partition coefficient (Wildman–Crippen LogP) is 2.67. The van der Waals surface area contributed by atoms with Crippen LogP contribution in [0.5, 0.6) is 5.75 Å². The van der Waals surface area contributed by atoms with E-state index in [-0.39, 0.29) is 18.6 Å². The fraction of sp³-hybridized carbons (Fsp3) is 0.600. The molecule has 10 nitrogen and oxygen atoms in total. The predicted molar refractivity (Wildman–Crippen MR) is 137 cm³/mol. The lowest BCUT2D eigenvalue weighted by atomic mass is 10.0. The molecule has 2 heterocycles. The molecule has 194 valence electrons. The van der Waals surface area contributed by atoms with E-state index in [1.807, 2.05) is 6.07 Å². The molecule has 2 saturated carbocycles. The first-order chi connectivity index (χ1) is 17.4. The van der Waals surface area contributed by atoms with Crippen LogP contribution >= 0.6 is 11.8 Å². The second-order valence-corrected chi connectivity index (χ2v) is 10.9. The van der Waals surface area contributed by atoms with Crippen LogP contribution in [0.2, 0.25) is 0 Å². The van der Waals surface area contributed by atoms with Crippen molar-refractivity contribution in [2.75, 3.05) is 24.8 Å². The van der Waals surface area contributed by atoms with Gasteiger partial charge in [0.1, 0.15) is 11.9 Å². The van der Waals surface area contributed by atoms with Crippen molar-refractivity contribution in [3.8, 4) is 5.75 Å². The summed E-state index contributed by atoms with van der Waals surface area (Å²) in [5, 5.41) is 43.5. The second kappa shape index (κ2) is 10.5. The minimum absolute atomic E-state index is 0.0381. The minimum atomic E-state index is -1.00. The lowest BCUT2D eigenvalue weighted by molar-refractivity contribution is 0.00107. The maximum atomic E-state index is 10.7. The molecule has 3 aromatic rings. The Kier molecular flexibility index (Phi) is 7.34. The van der Waals surface area contributed by atoms with Crippen LogP contribution in [0.3, 0.4) is 0 Å². The van der Waals surface area contributed by atoms with Crippen molar-refractivity contribution in [2.45, 2.75) is 74.9 Å². The van der Waals surface area contributed by atoms with Gasteiger partial charge in [-0.25, -0.2) is 14.6 Å². The number of aryl methyl sites for hydroxylation is 1. The molecule has 0 bridgehead atoms. The van der Waals surface area contributed by atoms with Crippen molar-refractivity contribution in [1.82, 2.24) is 25.0 Å². The molecule has 2 aliphatic carbocycles. The number of aliphatic hydroxyl groups is 3. The minimum Gasteiger partial charge on any atom is -0.496 e. The molecule has 0 spiro atoms. The van der Waals surface area contributed by atoms with E-state index < -0.39 is 18.2 Å². The van der Waals surface area contributed by atoms with Gasteiger partial charge in [0.05, 0.1) is 19.3 Å². The number of rotatable bonds is 10. The molecule has 2 unspecified atom stereocenters. The number of hydrogen-bond acceptors (Lipinski definition) is 10. The molecule has 0 radical (unpaired) electrons. The average Bonchev–Trinajstić information content (AvgIpc) is 3.42. The van der Waals surface area contributed by atoms with Crippen LogP contribution in [0.25, 0.3) is 11.2 Å². The SMILES string of the molecule is CCCSc1nc(NC2CC2c2ccc(OC)c(C)c2)c2nnn([C@@H]3C[C@H](CCO)[C@@H](O)[C@H]3O)c2n1. The Morgan fingerprint density at radius 1 is 1.19 bits per heavy atom. The van der Waals surface area contributed by atoms with Crippen molar-refractivity contribution >= 4 is 28.7 Å². The second-order valence-electron chi connectivity index (χ2n) is 9.79. The fourth-order valence-electron chi connectivity index (χ4n) is 5.22. The van der Waals surface area contributed by atoms with Gasteiger partial charge in [-0.2, -0.15) is 0 Å².